The fraction of sp³-hybridized carbons (Fsp3) is 0.600. The number of aliphatic hydroxyl groups is 1. The van der Waals surface area contributed by atoms with Gasteiger partial charge < -0.3 is 10.4 Å². The van der Waals surface area contributed by atoms with Crippen LogP contribution in [0.15, 0.2) is 11.2 Å². The Morgan fingerprint density at radius 3 is 2.91 bits per heavy atom. The lowest BCUT2D eigenvalue weighted by molar-refractivity contribution is -0.403. The van der Waals surface area contributed by atoms with Gasteiger partial charge in [0.2, 0.25) is 0 Å². The first-order valence-corrected chi connectivity index (χ1v) is 4.17. The van der Waals surface area contributed by atoms with Crippen LogP contribution in [0.3, 0.4) is 0 Å². The van der Waals surface area contributed by atoms with E-state index in [1.807, 2.05) is 0 Å². The largest absolute Gasteiger partial charge is 0.395 e. The summed E-state index contributed by atoms with van der Waals surface area (Å²) < 4.78 is 0. The Bertz CT molecular complexity index is 160. The van der Waals surface area contributed by atoms with Crippen molar-refractivity contribution in [2.45, 2.75) is 0 Å². The van der Waals surface area contributed by atoms with E-state index >= 15 is 0 Å². The molecule has 0 radical (unpaired) electrons. The summed E-state index contributed by atoms with van der Waals surface area (Å²) in [6.45, 7) is 0.302. The van der Waals surface area contributed by atoms with Crippen LogP contribution < -0.4 is 5.32 Å². The maximum absolute atomic E-state index is 9.95. The molecule has 2 N–H and O–H groups in total. The van der Waals surface area contributed by atoms with Gasteiger partial charge in [-0.1, -0.05) is 0 Å². The van der Waals surface area contributed by atoms with Gasteiger partial charge in [0.15, 0.2) is 0 Å². The van der Waals surface area contributed by atoms with Crippen LogP contribution in [0.1, 0.15) is 0 Å². The van der Waals surface area contributed by atoms with Gasteiger partial charge in [0.25, 0.3) is 6.20 Å². The van der Waals surface area contributed by atoms with Crippen LogP contribution in [-0.2, 0) is 0 Å². The van der Waals surface area contributed by atoms with Crippen molar-refractivity contribution >= 4 is 11.8 Å². The molecule has 0 aliphatic rings. The van der Waals surface area contributed by atoms with E-state index in [9.17, 15) is 10.1 Å². The number of nitrogens with zero attached hydrogens (tertiary/aromatic N) is 1. The second-order valence-corrected chi connectivity index (χ2v) is 2.48. The molecule has 5 nitrogen and oxygen atoms in total. The zero-order chi connectivity index (χ0) is 8.69. The maximum Gasteiger partial charge on any atom is 0.263 e. The van der Waals surface area contributed by atoms with Gasteiger partial charge in [-0.25, -0.2) is 0 Å². The first-order valence-electron chi connectivity index (χ1n) is 2.94. The van der Waals surface area contributed by atoms with Gasteiger partial charge in [0, 0.05) is 6.54 Å². The molecule has 6 heteroatoms. The molecule has 0 saturated carbocycles. The lowest BCUT2D eigenvalue weighted by atomic mass is 10.7. The van der Waals surface area contributed by atoms with Gasteiger partial charge in [-0.05, 0) is 6.26 Å². The number of aliphatic hydroxyl groups excluding tert-OH is 1. The molecule has 0 bridgehead atoms. The second-order valence-electron chi connectivity index (χ2n) is 1.63. The number of nitro groups is 1. The summed E-state index contributed by atoms with van der Waals surface area (Å²) in [4.78, 5) is 9.41. The fourth-order valence-electron chi connectivity index (χ4n) is 0.445. The van der Waals surface area contributed by atoms with Crippen LogP contribution >= 0.6 is 11.8 Å². The molecule has 0 aliphatic carbocycles. The molecular weight excluding hydrogens is 168 g/mol. The lowest BCUT2D eigenvalue weighted by Crippen LogP contribution is -2.16. The summed E-state index contributed by atoms with van der Waals surface area (Å²) in [7, 11) is 0. The average molecular weight is 178 g/mol. The molecule has 0 amide bonds. The minimum Gasteiger partial charge on any atom is -0.395 e. The van der Waals surface area contributed by atoms with Gasteiger partial charge in [-0.15, -0.1) is 11.8 Å². The van der Waals surface area contributed by atoms with Gasteiger partial charge in [0.1, 0.15) is 5.03 Å². The molecule has 0 saturated heterocycles. The highest BCUT2D eigenvalue weighted by atomic mass is 32.2. The van der Waals surface area contributed by atoms with Crippen molar-refractivity contribution < 1.29 is 10.0 Å². The minimum absolute atomic E-state index is 0.0321. The maximum atomic E-state index is 9.95. The third-order valence-corrected chi connectivity index (χ3v) is 1.54. The molecular formula is C5H10N2O3S. The highest BCUT2D eigenvalue weighted by Crippen LogP contribution is 2.05. The molecule has 64 valence electrons. The van der Waals surface area contributed by atoms with Gasteiger partial charge in [0.05, 0.1) is 11.5 Å². The number of hydrogen-bond acceptors (Lipinski definition) is 5. The quantitative estimate of drug-likeness (QED) is 0.458. The zero-order valence-electron chi connectivity index (χ0n) is 6.11. The second kappa shape index (κ2) is 5.99. The van der Waals surface area contributed by atoms with Crippen molar-refractivity contribution in [3.8, 4) is 0 Å². The van der Waals surface area contributed by atoms with E-state index in [4.69, 9.17) is 5.11 Å². The fourth-order valence-corrected chi connectivity index (χ4v) is 0.883. The Morgan fingerprint density at radius 1 is 1.91 bits per heavy atom. The van der Waals surface area contributed by atoms with Gasteiger partial charge in [-0.2, -0.15) is 0 Å². The van der Waals surface area contributed by atoms with E-state index in [0.29, 0.717) is 11.6 Å². The molecule has 11 heavy (non-hydrogen) atoms. The van der Waals surface area contributed by atoms with Gasteiger partial charge in [-0.3, -0.25) is 10.1 Å². The molecule has 0 aliphatic heterocycles. The first kappa shape index (κ1) is 10.2. The first-order chi connectivity index (χ1) is 5.20. The monoisotopic (exact) mass is 178 g/mol. The molecule has 0 spiro atoms. The highest BCUT2D eigenvalue weighted by molar-refractivity contribution is 8.02. The lowest BCUT2D eigenvalue weighted by Gasteiger charge is -2.01. The normalized spacial score (nSPS) is 11.3. The molecule has 0 aromatic rings. The van der Waals surface area contributed by atoms with Gasteiger partial charge >= 0.3 is 0 Å². The Kier molecular flexibility index (Phi) is 5.58. The highest BCUT2D eigenvalue weighted by Gasteiger charge is 1.98. The molecule has 0 aromatic heterocycles. The molecule has 0 rings (SSSR count). The number of hydrogen-bond donors (Lipinski definition) is 2. The van der Waals surface area contributed by atoms with E-state index in [-0.39, 0.29) is 6.61 Å². The summed E-state index contributed by atoms with van der Waals surface area (Å²) >= 11 is 1.24. The topological polar surface area (TPSA) is 75.4 Å². The SMILES string of the molecule is CSC(=C[N+](=O)[O-])NCCO. The van der Waals surface area contributed by atoms with Crippen molar-refractivity contribution in [3.63, 3.8) is 0 Å². The number of thioether (sulfide) groups is 1. The summed E-state index contributed by atoms with van der Waals surface area (Å²) in [6, 6.07) is 0. The van der Waals surface area contributed by atoms with E-state index < -0.39 is 4.92 Å². The summed E-state index contributed by atoms with van der Waals surface area (Å²) in [5, 5.41) is 21.5. The van der Waals surface area contributed by atoms with Crippen LogP contribution in [0, 0.1) is 10.1 Å². The van der Waals surface area contributed by atoms with Crippen molar-refractivity contribution in [3.05, 3.63) is 21.3 Å². The van der Waals surface area contributed by atoms with Crippen LogP contribution in [0.25, 0.3) is 0 Å². The average Bonchev–Trinajstić information content (AvgIpc) is 1.97. The Hall–Kier alpha value is -0.750. The van der Waals surface area contributed by atoms with Crippen LogP contribution in [0.2, 0.25) is 0 Å². The van der Waals surface area contributed by atoms with E-state index in [1.165, 1.54) is 11.8 Å². The molecule has 0 heterocycles. The Labute approximate surface area is 68.6 Å². The van der Waals surface area contributed by atoms with Crippen LogP contribution in [0.4, 0.5) is 0 Å². The predicted octanol–water partition coefficient (Wildman–Crippen LogP) is 0.00690. The van der Waals surface area contributed by atoms with Crippen LogP contribution in [0.5, 0.6) is 0 Å². The van der Waals surface area contributed by atoms with E-state index in [2.05, 4.69) is 5.32 Å². The zero-order valence-corrected chi connectivity index (χ0v) is 6.93. The van der Waals surface area contributed by atoms with Crippen molar-refractivity contribution in [2.75, 3.05) is 19.4 Å². The standard InChI is InChI=1S/C5H10N2O3S/c1-11-5(4-7(9)10)6-2-3-8/h4,6,8H,2-3H2,1H3. The predicted molar refractivity (Wildman–Crippen MR) is 43.7 cm³/mol. The summed E-state index contributed by atoms with van der Waals surface area (Å²) in [5.41, 5.74) is 0. The third kappa shape index (κ3) is 5.68. The van der Waals surface area contributed by atoms with E-state index in [1.54, 1.807) is 6.26 Å². The Balaban J connectivity index is 3.84. The Morgan fingerprint density at radius 2 is 2.55 bits per heavy atom. The molecule has 0 fully saturated rings. The smallest absolute Gasteiger partial charge is 0.263 e. The van der Waals surface area contributed by atoms with Crippen molar-refractivity contribution in [1.29, 1.82) is 0 Å². The van der Waals surface area contributed by atoms with E-state index in [0.717, 1.165) is 6.20 Å². The number of nitrogens with one attached hydrogen (secondary N) is 1. The number of rotatable bonds is 5. The molecule has 0 aromatic carbocycles. The van der Waals surface area contributed by atoms with Crippen LogP contribution in [-0.4, -0.2) is 29.4 Å². The molecule has 0 unspecified atom stereocenters. The van der Waals surface area contributed by atoms with Crippen molar-refractivity contribution in [1.82, 2.24) is 5.32 Å². The summed E-state index contributed by atoms with van der Waals surface area (Å²) in [6.07, 6.45) is 2.60. The minimum atomic E-state index is -0.532. The third-order valence-electron chi connectivity index (χ3n) is 0.854. The summed E-state index contributed by atoms with van der Waals surface area (Å²) in [5.74, 6) is 0. The molecule has 0 atom stereocenters. The van der Waals surface area contributed by atoms with Crippen molar-refractivity contribution in [2.24, 2.45) is 0 Å².